The van der Waals surface area contributed by atoms with Crippen LogP contribution in [-0.2, 0) is 0 Å². The lowest BCUT2D eigenvalue weighted by atomic mass is 9.76. The van der Waals surface area contributed by atoms with Gasteiger partial charge < -0.3 is 0 Å². The Labute approximate surface area is 89.5 Å². The number of rotatable bonds is 5. The van der Waals surface area contributed by atoms with Crippen LogP contribution in [0.4, 0.5) is 0 Å². The molecular formula is C14H24. The molecule has 1 fully saturated rings. The van der Waals surface area contributed by atoms with Crippen LogP contribution in [0.1, 0.15) is 64.7 Å². The quantitative estimate of drug-likeness (QED) is 0.566. The summed E-state index contributed by atoms with van der Waals surface area (Å²) in [5.74, 6) is 4.72. The van der Waals surface area contributed by atoms with Crippen LogP contribution in [0.25, 0.3) is 0 Å². The molecule has 1 unspecified atom stereocenters. The minimum Gasteiger partial charge on any atom is -0.120 e. The Kier molecular flexibility index (Phi) is 5.76. The molecule has 0 spiro atoms. The second-order valence-corrected chi connectivity index (χ2v) is 4.69. The zero-order valence-corrected chi connectivity index (χ0v) is 9.60. The predicted octanol–water partition coefficient (Wildman–Crippen LogP) is 4.40. The molecule has 0 N–H and O–H groups in total. The van der Waals surface area contributed by atoms with E-state index in [1.807, 2.05) is 0 Å². The molecule has 1 aliphatic carbocycles. The van der Waals surface area contributed by atoms with Gasteiger partial charge in [0.05, 0.1) is 0 Å². The van der Waals surface area contributed by atoms with Crippen molar-refractivity contribution in [2.75, 3.05) is 0 Å². The Morgan fingerprint density at radius 3 is 2.50 bits per heavy atom. The lowest BCUT2D eigenvalue weighted by Crippen LogP contribution is -2.17. The number of terminal acetylenes is 1. The topological polar surface area (TPSA) is 0 Å². The molecule has 1 atom stereocenters. The first-order valence-electron chi connectivity index (χ1n) is 6.32. The van der Waals surface area contributed by atoms with Gasteiger partial charge in [-0.15, -0.1) is 12.3 Å². The third-order valence-corrected chi connectivity index (χ3v) is 3.64. The molecule has 1 saturated carbocycles. The molecule has 0 aliphatic heterocycles. The van der Waals surface area contributed by atoms with Crippen LogP contribution in [0.3, 0.4) is 0 Å². The van der Waals surface area contributed by atoms with E-state index in [4.69, 9.17) is 6.42 Å². The van der Waals surface area contributed by atoms with E-state index >= 15 is 0 Å². The van der Waals surface area contributed by atoms with Gasteiger partial charge in [-0.2, -0.15) is 0 Å². The highest BCUT2D eigenvalue weighted by Gasteiger charge is 2.22. The van der Waals surface area contributed by atoms with E-state index in [-0.39, 0.29) is 0 Å². The molecule has 1 rings (SSSR count). The van der Waals surface area contributed by atoms with Crippen LogP contribution in [0.2, 0.25) is 0 Å². The molecule has 0 amide bonds. The van der Waals surface area contributed by atoms with E-state index in [0.717, 1.165) is 18.3 Å². The summed E-state index contributed by atoms with van der Waals surface area (Å²) in [6.45, 7) is 2.30. The van der Waals surface area contributed by atoms with Crippen molar-refractivity contribution >= 4 is 0 Å². The normalized spacial score (nSPS) is 20.3. The predicted molar refractivity (Wildman–Crippen MR) is 63.0 cm³/mol. The van der Waals surface area contributed by atoms with Crippen molar-refractivity contribution in [3.63, 3.8) is 0 Å². The standard InChI is InChI=1S/C14H24/c1-3-5-10-13(9-4-2)14-11-7-6-8-12-14/h1,13-14H,4-12H2,2H3. The summed E-state index contributed by atoms with van der Waals surface area (Å²) in [5.41, 5.74) is 0. The molecule has 80 valence electrons. The molecule has 0 heteroatoms. The SMILES string of the molecule is C#CCCC(CCC)C1CCCCC1. The summed E-state index contributed by atoms with van der Waals surface area (Å²) in [6.07, 6.45) is 17.6. The molecule has 0 radical (unpaired) electrons. The summed E-state index contributed by atoms with van der Waals surface area (Å²) in [4.78, 5) is 0. The van der Waals surface area contributed by atoms with E-state index in [2.05, 4.69) is 12.8 Å². The van der Waals surface area contributed by atoms with Crippen molar-refractivity contribution in [3.8, 4) is 12.3 Å². The van der Waals surface area contributed by atoms with E-state index in [1.165, 1.54) is 51.4 Å². The average molecular weight is 192 g/mol. The molecule has 0 saturated heterocycles. The maximum absolute atomic E-state index is 5.35. The fraction of sp³-hybridized carbons (Fsp3) is 0.857. The molecule has 0 aromatic carbocycles. The second kappa shape index (κ2) is 6.93. The van der Waals surface area contributed by atoms with Crippen LogP contribution in [0, 0.1) is 24.2 Å². The van der Waals surface area contributed by atoms with Crippen LogP contribution < -0.4 is 0 Å². The van der Waals surface area contributed by atoms with Gasteiger partial charge >= 0.3 is 0 Å². The van der Waals surface area contributed by atoms with Crippen molar-refractivity contribution in [2.24, 2.45) is 11.8 Å². The van der Waals surface area contributed by atoms with Crippen molar-refractivity contribution in [1.29, 1.82) is 0 Å². The summed E-state index contributed by atoms with van der Waals surface area (Å²) in [6, 6.07) is 0. The fourth-order valence-corrected chi connectivity index (χ4v) is 2.86. The van der Waals surface area contributed by atoms with E-state index in [0.29, 0.717) is 0 Å². The molecule has 14 heavy (non-hydrogen) atoms. The molecule has 0 nitrogen and oxygen atoms in total. The summed E-state index contributed by atoms with van der Waals surface area (Å²) >= 11 is 0. The fourth-order valence-electron chi connectivity index (χ4n) is 2.86. The smallest absolute Gasteiger partial charge is 0.00887 e. The Morgan fingerprint density at radius 2 is 1.93 bits per heavy atom. The van der Waals surface area contributed by atoms with Crippen LogP contribution in [0.5, 0.6) is 0 Å². The second-order valence-electron chi connectivity index (χ2n) is 4.69. The van der Waals surface area contributed by atoms with Gasteiger partial charge in [0, 0.05) is 6.42 Å². The Balaban J connectivity index is 2.35. The first-order chi connectivity index (χ1) is 6.88. The van der Waals surface area contributed by atoms with Crippen molar-refractivity contribution < 1.29 is 0 Å². The minimum atomic E-state index is 0.927. The lowest BCUT2D eigenvalue weighted by Gasteiger charge is -2.29. The van der Waals surface area contributed by atoms with Crippen LogP contribution in [-0.4, -0.2) is 0 Å². The third kappa shape index (κ3) is 3.74. The van der Waals surface area contributed by atoms with Gasteiger partial charge in [-0.1, -0.05) is 51.9 Å². The van der Waals surface area contributed by atoms with Crippen LogP contribution >= 0.6 is 0 Å². The van der Waals surface area contributed by atoms with Crippen molar-refractivity contribution in [1.82, 2.24) is 0 Å². The largest absolute Gasteiger partial charge is 0.120 e. The average Bonchev–Trinajstić information content (AvgIpc) is 2.25. The van der Waals surface area contributed by atoms with Crippen LogP contribution in [0.15, 0.2) is 0 Å². The number of hydrogen-bond acceptors (Lipinski definition) is 0. The van der Waals surface area contributed by atoms with Gasteiger partial charge in [-0.05, 0) is 18.3 Å². The molecule has 0 aromatic heterocycles. The van der Waals surface area contributed by atoms with Crippen molar-refractivity contribution in [3.05, 3.63) is 0 Å². The summed E-state index contributed by atoms with van der Waals surface area (Å²) in [5, 5.41) is 0. The van der Waals surface area contributed by atoms with Gasteiger partial charge in [0.2, 0.25) is 0 Å². The monoisotopic (exact) mass is 192 g/mol. The summed E-state index contributed by atoms with van der Waals surface area (Å²) < 4.78 is 0. The van der Waals surface area contributed by atoms with E-state index < -0.39 is 0 Å². The number of hydrogen-bond donors (Lipinski definition) is 0. The van der Waals surface area contributed by atoms with Gasteiger partial charge in [0.25, 0.3) is 0 Å². The first-order valence-corrected chi connectivity index (χ1v) is 6.32. The van der Waals surface area contributed by atoms with Gasteiger partial charge in [0.1, 0.15) is 0 Å². The minimum absolute atomic E-state index is 0.927. The van der Waals surface area contributed by atoms with Gasteiger partial charge in [-0.25, -0.2) is 0 Å². The maximum atomic E-state index is 5.35. The third-order valence-electron chi connectivity index (χ3n) is 3.64. The molecule has 0 aromatic rings. The van der Waals surface area contributed by atoms with Gasteiger partial charge in [-0.3, -0.25) is 0 Å². The molecule has 0 bridgehead atoms. The highest BCUT2D eigenvalue weighted by Crippen LogP contribution is 2.34. The summed E-state index contributed by atoms with van der Waals surface area (Å²) in [7, 11) is 0. The van der Waals surface area contributed by atoms with E-state index in [1.54, 1.807) is 0 Å². The molecule has 0 heterocycles. The Morgan fingerprint density at radius 1 is 1.21 bits per heavy atom. The van der Waals surface area contributed by atoms with E-state index in [9.17, 15) is 0 Å². The zero-order valence-electron chi connectivity index (χ0n) is 9.60. The lowest BCUT2D eigenvalue weighted by molar-refractivity contribution is 0.225. The highest BCUT2D eigenvalue weighted by molar-refractivity contribution is 4.86. The maximum Gasteiger partial charge on any atom is 0.00887 e. The molecular weight excluding hydrogens is 168 g/mol. The first kappa shape index (κ1) is 11.6. The Bertz CT molecular complexity index is 169. The Hall–Kier alpha value is -0.440. The van der Waals surface area contributed by atoms with Crippen molar-refractivity contribution in [2.45, 2.75) is 64.7 Å². The van der Waals surface area contributed by atoms with Gasteiger partial charge in [0.15, 0.2) is 0 Å². The zero-order chi connectivity index (χ0) is 10.2. The highest BCUT2D eigenvalue weighted by atomic mass is 14.3. The molecule has 1 aliphatic rings.